The van der Waals surface area contributed by atoms with E-state index in [0.717, 1.165) is 11.1 Å². The molecular weight excluding hydrogens is 288 g/mol. The Hall–Kier alpha value is -0.480. The fourth-order valence-corrected chi connectivity index (χ4v) is 2.26. The Morgan fingerprint density at radius 2 is 2.00 bits per heavy atom. The molecule has 1 rings (SSSR count). The van der Waals surface area contributed by atoms with Gasteiger partial charge < -0.3 is 0 Å². The number of hydrogen-bond acceptors (Lipinski definition) is 1. The van der Waals surface area contributed by atoms with Crippen molar-refractivity contribution in [2.45, 2.75) is 26.8 Å². The Bertz CT molecular complexity index is 355. The zero-order chi connectivity index (χ0) is 12.8. The van der Waals surface area contributed by atoms with Crippen LogP contribution in [0.1, 0.15) is 16.7 Å². The van der Waals surface area contributed by atoms with Gasteiger partial charge in [0.15, 0.2) is 0 Å². The molecule has 1 aromatic carbocycles. The van der Waals surface area contributed by atoms with Crippen LogP contribution < -0.4 is 0 Å². The molecule has 0 unspecified atom stereocenters. The third kappa shape index (κ3) is 5.13. The van der Waals surface area contributed by atoms with Gasteiger partial charge in [0, 0.05) is 18.4 Å². The average Bonchev–Trinajstić information content (AvgIpc) is 2.23. The minimum atomic E-state index is -2.28. The van der Waals surface area contributed by atoms with Gasteiger partial charge in [0.1, 0.15) is 0 Å². The molecule has 4 heteroatoms. The Morgan fingerprint density at radius 1 is 1.29 bits per heavy atom. The second-order valence-corrected chi connectivity index (χ2v) is 5.04. The number of nitrogens with zero attached hydrogens (tertiary/aromatic N) is 1. The third-order valence-corrected chi connectivity index (χ3v) is 3.05. The fourth-order valence-electron chi connectivity index (χ4n) is 1.76. The monoisotopic (exact) mass is 305 g/mol. The summed E-state index contributed by atoms with van der Waals surface area (Å²) in [6.07, 6.45) is -2.28. The number of hydrogen-bond donors (Lipinski definition) is 0. The maximum atomic E-state index is 12.4. The molecule has 1 aromatic rings. The van der Waals surface area contributed by atoms with Gasteiger partial charge in [0.25, 0.3) is 6.43 Å². The van der Waals surface area contributed by atoms with Crippen molar-refractivity contribution in [3.63, 3.8) is 0 Å². The predicted molar refractivity (Wildman–Crippen MR) is 71.0 cm³/mol. The number of aryl methyl sites for hydroxylation is 2. The van der Waals surface area contributed by atoms with Gasteiger partial charge in [0.05, 0.1) is 6.54 Å². The van der Waals surface area contributed by atoms with Crippen LogP contribution in [0.25, 0.3) is 0 Å². The van der Waals surface area contributed by atoms with Crippen LogP contribution in [-0.4, -0.2) is 29.7 Å². The second-order valence-electron chi connectivity index (χ2n) is 4.25. The van der Waals surface area contributed by atoms with E-state index < -0.39 is 6.43 Å². The molecule has 0 heterocycles. The Morgan fingerprint density at radius 3 is 2.59 bits per heavy atom. The summed E-state index contributed by atoms with van der Waals surface area (Å²) in [5, 5.41) is 0.713. The molecule has 0 saturated carbocycles. The van der Waals surface area contributed by atoms with Gasteiger partial charge in [-0.2, -0.15) is 0 Å². The molecule has 0 aliphatic carbocycles. The number of alkyl halides is 3. The highest BCUT2D eigenvalue weighted by molar-refractivity contribution is 9.09. The summed E-state index contributed by atoms with van der Waals surface area (Å²) >= 11 is 3.30. The second kappa shape index (κ2) is 7.07. The van der Waals surface area contributed by atoms with Gasteiger partial charge in [-0.15, -0.1) is 0 Å². The zero-order valence-electron chi connectivity index (χ0n) is 10.2. The first-order valence-corrected chi connectivity index (χ1v) is 6.77. The minimum Gasteiger partial charge on any atom is -0.293 e. The lowest BCUT2D eigenvalue weighted by molar-refractivity contribution is 0.0880. The summed E-state index contributed by atoms with van der Waals surface area (Å²) in [6.45, 7) is 5.09. The van der Waals surface area contributed by atoms with Crippen LogP contribution in [0, 0.1) is 13.8 Å². The third-order valence-electron chi connectivity index (χ3n) is 2.70. The number of benzene rings is 1. The largest absolute Gasteiger partial charge is 0.293 e. The molecule has 0 bridgehead atoms. The van der Waals surface area contributed by atoms with Crippen molar-refractivity contribution >= 4 is 15.9 Å². The average molecular weight is 306 g/mol. The summed E-state index contributed by atoms with van der Waals surface area (Å²) in [5.41, 5.74) is 3.46. The molecule has 0 N–H and O–H groups in total. The maximum absolute atomic E-state index is 12.4. The maximum Gasteiger partial charge on any atom is 0.251 e. The number of halogens is 3. The normalized spacial score (nSPS) is 11.5. The van der Waals surface area contributed by atoms with Crippen molar-refractivity contribution in [1.29, 1.82) is 0 Å². The lowest BCUT2D eigenvalue weighted by atomic mass is 10.1. The van der Waals surface area contributed by atoms with E-state index in [-0.39, 0.29) is 6.54 Å². The van der Waals surface area contributed by atoms with E-state index in [4.69, 9.17) is 0 Å². The van der Waals surface area contributed by atoms with Gasteiger partial charge in [-0.25, -0.2) is 8.78 Å². The molecule has 0 aliphatic heterocycles. The quantitative estimate of drug-likeness (QED) is 0.723. The molecule has 1 nitrogen and oxygen atoms in total. The Kier molecular flexibility index (Phi) is 6.06. The van der Waals surface area contributed by atoms with E-state index in [1.54, 1.807) is 4.90 Å². The Balaban J connectivity index is 2.74. The standard InChI is InChI=1S/C13H18BrF2N/c1-10-3-4-11(2)12(7-10)8-17(6-5-14)9-13(15)16/h3-4,7,13H,5-6,8-9H2,1-2H3. The van der Waals surface area contributed by atoms with Gasteiger partial charge in [0.2, 0.25) is 0 Å². The van der Waals surface area contributed by atoms with Crippen LogP contribution in [0.4, 0.5) is 8.78 Å². The van der Waals surface area contributed by atoms with Crippen molar-refractivity contribution in [1.82, 2.24) is 4.90 Å². The molecule has 0 spiro atoms. The highest BCUT2D eigenvalue weighted by Gasteiger charge is 2.12. The van der Waals surface area contributed by atoms with Crippen LogP contribution in [0.5, 0.6) is 0 Å². The minimum absolute atomic E-state index is 0.168. The van der Waals surface area contributed by atoms with Crippen LogP contribution in [0.2, 0.25) is 0 Å². The first-order chi connectivity index (χ1) is 8.02. The first-order valence-electron chi connectivity index (χ1n) is 5.65. The summed E-state index contributed by atoms with van der Waals surface area (Å²) in [5.74, 6) is 0. The fraction of sp³-hybridized carbons (Fsp3) is 0.538. The zero-order valence-corrected chi connectivity index (χ0v) is 11.8. The van der Waals surface area contributed by atoms with Gasteiger partial charge in [-0.3, -0.25) is 4.90 Å². The van der Waals surface area contributed by atoms with Gasteiger partial charge >= 0.3 is 0 Å². The summed E-state index contributed by atoms with van der Waals surface area (Å²) in [4.78, 5) is 1.78. The smallest absolute Gasteiger partial charge is 0.251 e. The van der Waals surface area contributed by atoms with Gasteiger partial charge in [-0.05, 0) is 25.0 Å². The number of rotatable bonds is 6. The highest BCUT2D eigenvalue weighted by Crippen LogP contribution is 2.14. The molecule has 0 aliphatic rings. The molecule has 0 atom stereocenters. The summed E-state index contributed by atoms with van der Waals surface area (Å²) < 4.78 is 24.9. The first kappa shape index (κ1) is 14.6. The Labute approximate surface area is 110 Å². The molecular formula is C13H18BrF2N. The molecule has 96 valence electrons. The van der Waals surface area contributed by atoms with E-state index in [2.05, 4.69) is 22.0 Å². The lowest BCUT2D eigenvalue weighted by Gasteiger charge is -2.22. The van der Waals surface area contributed by atoms with Gasteiger partial charge in [-0.1, -0.05) is 39.7 Å². The van der Waals surface area contributed by atoms with Crippen LogP contribution >= 0.6 is 15.9 Å². The van der Waals surface area contributed by atoms with Crippen molar-refractivity contribution in [3.8, 4) is 0 Å². The van der Waals surface area contributed by atoms with E-state index in [9.17, 15) is 8.78 Å². The summed E-state index contributed by atoms with van der Waals surface area (Å²) in [7, 11) is 0. The van der Waals surface area contributed by atoms with E-state index >= 15 is 0 Å². The van der Waals surface area contributed by atoms with Crippen molar-refractivity contribution < 1.29 is 8.78 Å². The molecule has 0 radical (unpaired) electrons. The highest BCUT2D eigenvalue weighted by atomic mass is 79.9. The van der Waals surface area contributed by atoms with E-state index in [1.165, 1.54) is 5.56 Å². The van der Waals surface area contributed by atoms with Crippen LogP contribution in [-0.2, 0) is 6.54 Å². The molecule has 0 aromatic heterocycles. The van der Waals surface area contributed by atoms with Crippen LogP contribution in [0.3, 0.4) is 0 Å². The van der Waals surface area contributed by atoms with Crippen LogP contribution in [0.15, 0.2) is 18.2 Å². The molecule has 0 fully saturated rings. The molecule has 0 amide bonds. The van der Waals surface area contributed by atoms with E-state index in [1.807, 2.05) is 26.0 Å². The SMILES string of the molecule is Cc1ccc(C)c(CN(CCBr)CC(F)F)c1. The molecule has 17 heavy (non-hydrogen) atoms. The predicted octanol–water partition coefficient (Wildman–Crippen LogP) is 3.77. The lowest BCUT2D eigenvalue weighted by Crippen LogP contribution is -2.30. The van der Waals surface area contributed by atoms with Crippen molar-refractivity contribution in [2.75, 3.05) is 18.4 Å². The van der Waals surface area contributed by atoms with Crippen molar-refractivity contribution in [3.05, 3.63) is 34.9 Å². The summed E-state index contributed by atoms with van der Waals surface area (Å²) in [6, 6.07) is 6.15. The van der Waals surface area contributed by atoms with E-state index in [0.29, 0.717) is 18.4 Å². The molecule has 0 saturated heterocycles. The van der Waals surface area contributed by atoms with Crippen molar-refractivity contribution in [2.24, 2.45) is 0 Å². The topological polar surface area (TPSA) is 3.24 Å².